The lowest BCUT2D eigenvalue weighted by molar-refractivity contribution is -0.118. The summed E-state index contributed by atoms with van der Waals surface area (Å²) >= 11 is 0. The number of esters is 1. The number of methoxy groups -OCH3 is 2. The van der Waals surface area contributed by atoms with Gasteiger partial charge in [0.1, 0.15) is 17.5 Å². The van der Waals surface area contributed by atoms with Crippen LogP contribution in [0.15, 0.2) is 55.1 Å². The second-order valence-corrected chi connectivity index (χ2v) is 7.83. The van der Waals surface area contributed by atoms with Crippen molar-refractivity contribution in [2.45, 2.75) is 19.1 Å². The van der Waals surface area contributed by atoms with E-state index < -0.39 is 12.1 Å². The Morgan fingerprint density at radius 2 is 2.11 bits per heavy atom. The Balaban J connectivity index is 1.28. The number of carbonyl (C=O) groups excluding carboxylic acids is 2. The minimum Gasteiger partial charge on any atom is -0.493 e. The number of aromatic amines is 1. The molecule has 0 aliphatic carbocycles. The number of amides is 1. The van der Waals surface area contributed by atoms with Crippen molar-refractivity contribution in [3.8, 4) is 22.9 Å². The molecule has 11 nitrogen and oxygen atoms in total. The van der Waals surface area contributed by atoms with Crippen LogP contribution in [0.5, 0.6) is 11.5 Å². The van der Waals surface area contributed by atoms with E-state index in [9.17, 15) is 9.59 Å². The average molecular weight is 474 g/mol. The molecule has 0 saturated carbocycles. The zero-order valence-electron chi connectivity index (χ0n) is 19.0. The van der Waals surface area contributed by atoms with E-state index in [1.54, 1.807) is 42.9 Å². The van der Waals surface area contributed by atoms with Crippen molar-refractivity contribution in [2.75, 3.05) is 19.5 Å². The van der Waals surface area contributed by atoms with Crippen LogP contribution in [0, 0.1) is 0 Å². The SMILES string of the molecule is COc1ccc2c(c1OC)C(=O)O[C@H]2CC(=O)Nc1cccc(-c2n[nH]c(Cn3ccnc3)n2)c1. The number of nitrogens with zero attached hydrogens (tertiary/aromatic N) is 4. The molecule has 0 spiro atoms. The van der Waals surface area contributed by atoms with Crippen molar-refractivity contribution in [2.24, 2.45) is 0 Å². The summed E-state index contributed by atoms with van der Waals surface area (Å²) in [4.78, 5) is 33.8. The normalized spacial score (nSPS) is 14.3. The molecule has 3 heterocycles. The van der Waals surface area contributed by atoms with Gasteiger partial charge in [0.15, 0.2) is 17.3 Å². The third kappa shape index (κ3) is 4.43. The summed E-state index contributed by atoms with van der Waals surface area (Å²) in [7, 11) is 2.94. The molecule has 2 N–H and O–H groups in total. The monoisotopic (exact) mass is 474 g/mol. The van der Waals surface area contributed by atoms with Crippen LogP contribution < -0.4 is 14.8 Å². The molecule has 0 unspecified atom stereocenters. The number of imidazole rings is 1. The summed E-state index contributed by atoms with van der Waals surface area (Å²) in [5, 5.41) is 10.0. The fourth-order valence-corrected chi connectivity index (χ4v) is 3.99. The highest BCUT2D eigenvalue weighted by Gasteiger charge is 2.36. The first-order valence-electron chi connectivity index (χ1n) is 10.8. The molecule has 35 heavy (non-hydrogen) atoms. The summed E-state index contributed by atoms with van der Waals surface area (Å²) in [6.07, 6.45) is 4.46. The van der Waals surface area contributed by atoms with Crippen LogP contribution in [0.1, 0.15) is 34.3 Å². The van der Waals surface area contributed by atoms with Crippen molar-refractivity contribution in [3.05, 3.63) is 72.1 Å². The summed E-state index contributed by atoms with van der Waals surface area (Å²) in [5.74, 6) is 1.05. The van der Waals surface area contributed by atoms with Crippen LogP contribution >= 0.6 is 0 Å². The van der Waals surface area contributed by atoms with Crippen LogP contribution in [0.25, 0.3) is 11.4 Å². The molecule has 1 aliphatic rings. The van der Waals surface area contributed by atoms with Crippen LogP contribution in [-0.4, -0.2) is 50.8 Å². The lowest BCUT2D eigenvalue weighted by Gasteiger charge is -2.13. The van der Waals surface area contributed by atoms with Crippen LogP contribution in [0.3, 0.4) is 0 Å². The van der Waals surface area contributed by atoms with Crippen molar-refractivity contribution in [3.63, 3.8) is 0 Å². The highest BCUT2D eigenvalue weighted by Crippen LogP contribution is 2.43. The number of rotatable bonds is 8. The van der Waals surface area contributed by atoms with E-state index in [-0.39, 0.29) is 17.9 Å². The van der Waals surface area contributed by atoms with E-state index in [1.807, 2.05) is 16.8 Å². The molecular weight excluding hydrogens is 452 g/mol. The van der Waals surface area contributed by atoms with Gasteiger partial charge in [0.25, 0.3) is 0 Å². The quantitative estimate of drug-likeness (QED) is 0.373. The first-order valence-corrected chi connectivity index (χ1v) is 10.8. The number of ether oxygens (including phenoxy) is 3. The highest BCUT2D eigenvalue weighted by atomic mass is 16.6. The third-order valence-electron chi connectivity index (χ3n) is 5.58. The van der Waals surface area contributed by atoms with E-state index in [4.69, 9.17) is 14.2 Å². The standard InChI is InChI=1S/C24H22N6O5/c1-33-17-7-6-16-18(35-24(32)21(16)22(17)34-2)11-20(31)26-15-5-3-4-14(10-15)23-27-19(28-29-23)12-30-9-8-25-13-30/h3-10,13,18H,11-12H2,1-2H3,(H,26,31)(H,27,28,29)/t18-/m0/s1. The number of carbonyl (C=O) groups is 2. The molecule has 178 valence electrons. The minimum atomic E-state index is -0.723. The van der Waals surface area contributed by atoms with E-state index >= 15 is 0 Å². The average Bonchev–Trinajstić information content (AvgIpc) is 3.61. The van der Waals surface area contributed by atoms with Gasteiger partial charge in [-0.05, 0) is 18.2 Å². The largest absolute Gasteiger partial charge is 0.493 e. The van der Waals surface area contributed by atoms with Gasteiger partial charge in [-0.25, -0.2) is 14.8 Å². The number of H-pyrrole nitrogens is 1. The Bertz CT molecular complexity index is 1380. The number of benzene rings is 2. The number of nitrogens with one attached hydrogen (secondary N) is 2. The molecule has 5 rings (SSSR count). The third-order valence-corrected chi connectivity index (χ3v) is 5.58. The number of cyclic esters (lactones) is 1. The second-order valence-electron chi connectivity index (χ2n) is 7.83. The number of hydrogen-bond acceptors (Lipinski definition) is 8. The van der Waals surface area contributed by atoms with Gasteiger partial charge in [-0.3, -0.25) is 9.89 Å². The molecular formula is C24H22N6O5. The molecule has 1 atom stereocenters. The van der Waals surface area contributed by atoms with E-state index in [1.165, 1.54) is 14.2 Å². The van der Waals surface area contributed by atoms with Crippen molar-refractivity contribution >= 4 is 17.6 Å². The smallest absolute Gasteiger partial charge is 0.343 e. The van der Waals surface area contributed by atoms with Gasteiger partial charge in [0.2, 0.25) is 5.91 Å². The number of anilines is 1. The molecule has 1 amide bonds. The molecule has 4 aromatic rings. The minimum absolute atomic E-state index is 0.0475. The topological polar surface area (TPSA) is 133 Å². The molecule has 2 aromatic carbocycles. The number of hydrogen-bond donors (Lipinski definition) is 2. The molecule has 1 aliphatic heterocycles. The van der Waals surface area contributed by atoms with Gasteiger partial charge in [-0.15, -0.1) is 0 Å². The first kappa shape index (κ1) is 22.1. The van der Waals surface area contributed by atoms with Gasteiger partial charge < -0.3 is 24.1 Å². The van der Waals surface area contributed by atoms with E-state index in [0.29, 0.717) is 40.9 Å². The predicted molar refractivity (Wildman–Crippen MR) is 124 cm³/mol. The maximum atomic E-state index is 12.8. The van der Waals surface area contributed by atoms with E-state index in [0.717, 1.165) is 5.56 Å². The number of aromatic nitrogens is 5. The van der Waals surface area contributed by atoms with Gasteiger partial charge in [-0.1, -0.05) is 18.2 Å². The molecule has 0 saturated heterocycles. The summed E-state index contributed by atoms with van der Waals surface area (Å²) in [5.41, 5.74) is 2.18. The van der Waals surface area contributed by atoms with Gasteiger partial charge >= 0.3 is 5.97 Å². The summed E-state index contributed by atoms with van der Waals surface area (Å²) < 4.78 is 17.9. The van der Waals surface area contributed by atoms with E-state index in [2.05, 4.69) is 25.5 Å². The van der Waals surface area contributed by atoms with Crippen molar-refractivity contribution in [1.29, 1.82) is 0 Å². The Hall–Kier alpha value is -4.67. The molecule has 11 heteroatoms. The molecule has 0 bridgehead atoms. The Labute approximate surface area is 200 Å². The Morgan fingerprint density at radius 1 is 1.23 bits per heavy atom. The maximum Gasteiger partial charge on any atom is 0.343 e. The predicted octanol–water partition coefficient (Wildman–Crippen LogP) is 2.97. The zero-order valence-corrected chi connectivity index (χ0v) is 19.0. The van der Waals surface area contributed by atoms with Crippen LogP contribution in [0.4, 0.5) is 5.69 Å². The van der Waals surface area contributed by atoms with Crippen LogP contribution in [-0.2, 0) is 16.1 Å². The molecule has 0 radical (unpaired) electrons. The highest BCUT2D eigenvalue weighted by molar-refractivity contribution is 5.99. The van der Waals surface area contributed by atoms with Gasteiger partial charge in [0, 0.05) is 29.2 Å². The zero-order chi connectivity index (χ0) is 24.4. The van der Waals surface area contributed by atoms with Crippen molar-refractivity contribution < 1.29 is 23.8 Å². The Kier molecular flexibility index (Phi) is 5.88. The maximum absolute atomic E-state index is 12.8. The fraction of sp³-hybridized carbons (Fsp3) is 0.208. The lowest BCUT2D eigenvalue weighted by atomic mass is 10.0. The first-order chi connectivity index (χ1) is 17.1. The van der Waals surface area contributed by atoms with Crippen molar-refractivity contribution in [1.82, 2.24) is 24.7 Å². The number of fused-ring (bicyclic) bond motifs is 1. The van der Waals surface area contributed by atoms with Crippen LogP contribution in [0.2, 0.25) is 0 Å². The Morgan fingerprint density at radius 3 is 2.89 bits per heavy atom. The van der Waals surface area contributed by atoms with Gasteiger partial charge in [0.05, 0.1) is 33.5 Å². The lowest BCUT2D eigenvalue weighted by Crippen LogP contribution is -2.15. The fourth-order valence-electron chi connectivity index (χ4n) is 3.99. The summed E-state index contributed by atoms with van der Waals surface area (Å²) in [6.45, 7) is 0.516. The van der Waals surface area contributed by atoms with Gasteiger partial charge in [-0.2, -0.15) is 5.10 Å². The second kappa shape index (κ2) is 9.29. The summed E-state index contributed by atoms with van der Waals surface area (Å²) in [6, 6.07) is 10.6. The molecule has 0 fully saturated rings. The molecule has 2 aromatic heterocycles.